The lowest BCUT2D eigenvalue weighted by Crippen LogP contribution is -2.22. The summed E-state index contributed by atoms with van der Waals surface area (Å²) in [7, 11) is 0. The summed E-state index contributed by atoms with van der Waals surface area (Å²) in [6.45, 7) is 1.30. The van der Waals surface area contributed by atoms with Crippen LogP contribution in [0.5, 0.6) is 17.2 Å². The number of halogens is 8. The fourth-order valence-electron chi connectivity index (χ4n) is 6.78. The Morgan fingerprint density at radius 1 is 0.410 bits per heavy atom. The normalized spacial score (nSPS) is 10.8. The molecule has 3 amide bonds. The van der Waals surface area contributed by atoms with Gasteiger partial charge in [0.1, 0.15) is 48.7 Å². The molecule has 402 valence electrons. The highest BCUT2D eigenvalue weighted by atomic mass is 35.5. The highest BCUT2D eigenvalue weighted by molar-refractivity contribution is 6.30. The minimum atomic E-state index is -4.74. The molecule has 0 aliphatic rings. The predicted octanol–water partition coefficient (Wildman–Crippen LogP) is 13.6. The molecule has 0 aliphatic heterocycles. The first kappa shape index (κ1) is 56.5. The van der Waals surface area contributed by atoms with E-state index in [9.17, 15) is 45.1 Å². The number of rotatable bonds is 18. The highest BCUT2D eigenvalue weighted by Gasteiger charge is 2.34. The van der Waals surface area contributed by atoms with Crippen molar-refractivity contribution in [2.45, 2.75) is 45.6 Å². The van der Waals surface area contributed by atoms with Gasteiger partial charge in [-0.05, 0) is 144 Å². The van der Waals surface area contributed by atoms with Crippen molar-refractivity contribution in [3.63, 3.8) is 0 Å². The molecule has 0 aliphatic carbocycles. The minimum Gasteiger partial charge on any atom is -0.489 e. The van der Waals surface area contributed by atoms with Crippen molar-refractivity contribution in [3.8, 4) is 17.2 Å². The van der Waals surface area contributed by atoms with Crippen molar-refractivity contribution in [3.05, 3.63) is 267 Å². The summed E-state index contributed by atoms with van der Waals surface area (Å²) in [5.41, 5.74) is 4.15. The zero-order chi connectivity index (χ0) is 55.4. The summed E-state index contributed by atoms with van der Waals surface area (Å²) in [5, 5.41) is 8.38. The third-order valence-electron chi connectivity index (χ3n) is 11.0. The molecular weight excluding hydrogens is 1050 g/mol. The SMILES string of the molecule is O=C(NCc1ccoc1)c1ccc(OCc2ccc(C(F)(F)F)c(F)c2)cc1.O=C(NCc1ccoc1)c1ccc(OCc2ccc(Cl)c(F)c2)cc1.O=C(NCc1ccoc1)c1ccc(OCc2ccc(F)c(F)c2)cc1. The summed E-state index contributed by atoms with van der Waals surface area (Å²) in [6, 6.07) is 35.5. The third kappa shape index (κ3) is 17.4. The highest BCUT2D eigenvalue weighted by Crippen LogP contribution is 2.32. The summed E-state index contributed by atoms with van der Waals surface area (Å²) < 4.78 is 122. The molecule has 0 spiro atoms. The van der Waals surface area contributed by atoms with Gasteiger partial charge in [0.2, 0.25) is 0 Å². The molecule has 0 saturated carbocycles. The number of furan rings is 3. The van der Waals surface area contributed by atoms with Gasteiger partial charge in [-0.2, -0.15) is 13.2 Å². The lowest BCUT2D eigenvalue weighted by molar-refractivity contribution is -0.140. The number of alkyl halides is 3. The van der Waals surface area contributed by atoms with Gasteiger partial charge in [0.05, 0.1) is 48.2 Å². The first-order valence-corrected chi connectivity index (χ1v) is 23.7. The Morgan fingerprint density at radius 3 is 1.08 bits per heavy atom. The van der Waals surface area contributed by atoms with Crippen molar-refractivity contribution >= 4 is 29.3 Å². The fourth-order valence-corrected chi connectivity index (χ4v) is 6.90. The number of hydrogen-bond donors (Lipinski definition) is 3. The van der Waals surface area contributed by atoms with Crippen LogP contribution in [0.3, 0.4) is 0 Å². The van der Waals surface area contributed by atoms with Crippen molar-refractivity contribution < 1.29 is 72.6 Å². The Hall–Kier alpha value is -9.23. The van der Waals surface area contributed by atoms with Crippen molar-refractivity contribution in [2.24, 2.45) is 0 Å². The molecular formula is C58H45ClF7N3O9. The molecule has 0 fully saturated rings. The van der Waals surface area contributed by atoms with Gasteiger partial charge in [-0.25, -0.2) is 17.6 Å². The molecule has 0 atom stereocenters. The average Bonchev–Trinajstić information content (AvgIpc) is 4.29. The quantitative estimate of drug-likeness (QED) is 0.0712. The first-order valence-electron chi connectivity index (χ1n) is 23.4. The zero-order valence-electron chi connectivity index (χ0n) is 40.8. The second kappa shape index (κ2) is 27.5. The Balaban J connectivity index is 0.000000170. The van der Waals surface area contributed by atoms with Gasteiger partial charge in [-0.1, -0.05) is 29.8 Å². The number of nitrogens with one attached hydrogen (secondary N) is 3. The molecule has 0 unspecified atom stereocenters. The van der Waals surface area contributed by atoms with E-state index in [2.05, 4.69) is 16.0 Å². The lowest BCUT2D eigenvalue weighted by Gasteiger charge is -2.11. The predicted molar refractivity (Wildman–Crippen MR) is 271 cm³/mol. The zero-order valence-corrected chi connectivity index (χ0v) is 41.5. The van der Waals surface area contributed by atoms with E-state index in [-0.39, 0.29) is 48.1 Å². The number of amides is 3. The van der Waals surface area contributed by atoms with E-state index in [1.165, 1.54) is 30.7 Å². The maximum absolute atomic E-state index is 13.6. The lowest BCUT2D eigenvalue weighted by atomic mass is 10.1. The summed E-state index contributed by atoms with van der Waals surface area (Å²) in [5.74, 6) is -2.81. The van der Waals surface area contributed by atoms with Crippen molar-refractivity contribution in [2.75, 3.05) is 0 Å². The van der Waals surface area contributed by atoms with Crippen LogP contribution in [-0.4, -0.2) is 17.7 Å². The van der Waals surface area contributed by atoms with Crippen LogP contribution < -0.4 is 30.2 Å². The first-order chi connectivity index (χ1) is 37.6. The Kier molecular flexibility index (Phi) is 19.9. The molecule has 0 bridgehead atoms. The van der Waals surface area contributed by atoms with Gasteiger partial charge in [0.15, 0.2) is 11.6 Å². The van der Waals surface area contributed by atoms with Crippen LogP contribution in [0.4, 0.5) is 30.7 Å². The van der Waals surface area contributed by atoms with Gasteiger partial charge in [-0.15, -0.1) is 0 Å². The monoisotopic (exact) mass is 1100 g/mol. The van der Waals surface area contributed by atoms with Crippen LogP contribution in [0.2, 0.25) is 5.02 Å². The fraction of sp³-hybridized carbons (Fsp3) is 0.121. The molecule has 0 radical (unpaired) electrons. The van der Waals surface area contributed by atoms with Crippen LogP contribution in [0.25, 0.3) is 0 Å². The Bertz CT molecular complexity index is 3200. The number of benzene rings is 6. The van der Waals surface area contributed by atoms with Crippen LogP contribution >= 0.6 is 11.6 Å². The topological polar surface area (TPSA) is 154 Å². The largest absolute Gasteiger partial charge is 0.489 e. The van der Waals surface area contributed by atoms with Gasteiger partial charge in [-0.3, -0.25) is 14.4 Å². The molecule has 3 heterocycles. The smallest absolute Gasteiger partial charge is 0.419 e. The standard InChI is InChI=1S/C20H15F4NO3.C19H15ClFNO3.C19H15F2NO3/c21-18-9-13(1-6-17(18)20(22,23)24)12-28-16-4-2-15(3-5-16)19(26)25-10-14-7-8-27-11-14;2*20-17-6-1-13(9-18(17)21)12-25-16-4-2-15(3-5-16)19(23)22-10-14-7-8-24-11-14/h1-9,11H,10,12H2,(H,25,26);2*1-9,11H,10,12H2,(H,22,23). The number of carbonyl (C=O) groups is 3. The third-order valence-corrected chi connectivity index (χ3v) is 11.3. The molecule has 9 rings (SSSR count). The summed E-state index contributed by atoms with van der Waals surface area (Å²) in [4.78, 5) is 36.2. The molecule has 9 aromatic rings. The van der Waals surface area contributed by atoms with Crippen molar-refractivity contribution in [1.29, 1.82) is 0 Å². The number of ether oxygens (including phenoxy) is 3. The van der Waals surface area contributed by atoms with Crippen LogP contribution in [0.1, 0.15) is 70.0 Å². The molecule has 20 heteroatoms. The Labute approximate surface area is 446 Å². The van der Waals surface area contributed by atoms with E-state index in [4.69, 9.17) is 39.1 Å². The van der Waals surface area contributed by atoms with E-state index in [0.717, 1.165) is 41.0 Å². The second-order valence-electron chi connectivity index (χ2n) is 16.7. The minimum absolute atomic E-state index is 0.0783. The van der Waals surface area contributed by atoms with E-state index < -0.39 is 35.0 Å². The average molecular weight is 1100 g/mol. The molecule has 6 aromatic carbocycles. The molecule has 3 aromatic heterocycles. The molecule has 3 N–H and O–H groups in total. The number of hydrogen-bond acceptors (Lipinski definition) is 9. The summed E-state index contributed by atoms with van der Waals surface area (Å²) in [6.07, 6.45) is 4.54. The number of carbonyl (C=O) groups excluding carboxylic acids is 3. The second-order valence-corrected chi connectivity index (χ2v) is 17.1. The maximum Gasteiger partial charge on any atom is 0.419 e. The maximum atomic E-state index is 13.6. The van der Waals surface area contributed by atoms with Gasteiger partial charge in [0.25, 0.3) is 17.7 Å². The molecule has 12 nitrogen and oxygen atoms in total. The van der Waals surface area contributed by atoms with Crippen LogP contribution in [-0.2, 0) is 45.6 Å². The Morgan fingerprint density at radius 2 is 0.756 bits per heavy atom. The van der Waals surface area contributed by atoms with E-state index in [0.29, 0.717) is 70.8 Å². The van der Waals surface area contributed by atoms with Crippen LogP contribution in [0.15, 0.2) is 196 Å². The molecule has 78 heavy (non-hydrogen) atoms. The van der Waals surface area contributed by atoms with E-state index >= 15 is 0 Å². The van der Waals surface area contributed by atoms with E-state index in [1.807, 2.05) is 0 Å². The van der Waals surface area contributed by atoms with Gasteiger partial charge in [0, 0.05) is 53.0 Å². The van der Waals surface area contributed by atoms with Crippen molar-refractivity contribution in [1.82, 2.24) is 16.0 Å². The van der Waals surface area contributed by atoms with E-state index in [1.54, 1.807) is 122 Å². The van der Waals surface area contributed by atoms with Gasteiger partial charge >= 0.3 is 6.18 Å². The van der Waals surface area contributed by atoms with Crippen LogP contribution in [0, 0.1) is 23.3 Å². The molecule has 0 saturated heterocycles. The summed E-state index contributed by atoms with van der Waals surface area (Å²) >= 11 is 5.64. The van der Waals surface area contributed by atoms with Gasteiger partial charge < -0.3 is 43.4 Å².